The smallest absolute Gasteiger partial charge is 0.417 e. The van der Waals surface area contributed by atoms with Gasteiger partial charge in [0, 0.05) is 6.20 Å². The molecule has 1 aliphatic rings. The fourth-order valence-corrected chi connectivity index (χ4v) is 3.53. The van der Waals surface area contributed by atoms with Gasteiger partial charge in [0.2, 0.25) is 0 Å². The van der Waals surface area contributed by atoms with Crippen LogP contribution in [0.15, 0.2) is 72.4 Å². The summed E-state index contributed by atoms with van der Waals surface area (Å²) in [6, 6.07) is 16.1. The Hall–Kier alpha value is -3.76. The van der Waals surface area contributed by atoms with Crippen LogP contribution in [0.1, 0.15) is 11.3 Å². The number of alkyl halides is 3. The number of pyridine rings is 1. The predicted octanol–water partition coefficient (Wildman–Crippen LogP) is 5.38. The molecule has 1 aromatic heterocycles. The maximum atomic E-state index is 13.1. The first-order valence-electron chi connectivity index (χ1n) is 9.60. The van der Waals surface area contributed by atoms with E-state index in [1.165, 1.54) is 0 Å². The van der Waals surface area contributed by atoms with Gasteiger partial charge in [-0.05, 0) is 60.8 Å². The van der Waals surface area contributed by atoms with Crippen molar-refractivity contribution in [3.63, 3.8) is 0 Å². The maximum absolute atomic E-state index is 13.1. The number of anilines is 1. The summed E-state index contributed by atoms with van der Waals surface area (Å²) >= 11 is 11.1. The zero-order valence-corrected chi connectivity index (χ0v) is 18.5. The Labute approximate surface area is 201 Å². The van der Waals surface area contributed by atoms with Crippen LogP contribution in [0.25, 0.3) is 6.08 Å². The van der Waals surface area contributed by atoms with Crippen molar-refractivity contribution in [2.45, 2.75) is 6.18 Å². The highest BCUT2D eigenvalue weighted by Crippen LogP contribution is 2.32. The van der Waals surface area contributed by atoms with Gasteiger partial charge in [0.15, 0.2) is 5.11 Å². The van der Waals surface area contributed by atoms with Crippen molar-refractivity contribution in [3.05, 3.63) is 88.7 Å². The molecule has 34 heavy (non-hydrogen) atoms. The summed E-state index contributed by atoms with van der Waals surface area (Å²) in [5.41, 5.74) is -1.28. The Kier molecular flexibility index (Phi) is 6.36. The molecular formula is C23H13ClF3N3O3S. The number of nitrogens with one attached hydrogen (secondary N) is 1. The van der Waals surface area contributed by atoms with Crippen LogP contribution in [0, 0.1) is 0 Å². The van der Waals surface area contributed by atoms with Crippen molar-refractivity contribution in [2.75, 3.05) is 4.90 Å². The van der Waals surface area contributed by atoms with Crippen molar-refractivity contribution >= 4 is 52.5 Å². The van der Waals surface area contributed by atoms with Crippen LogP contribution in [0.4, 0.5) is 18.9 Å². The molecule has 172 valence electrons. The number of amides is 2. The van der Waals surface area contributed by atoms with Crippen LogP contribution in [0.5, 0.6) is 11.5 Å². The third-order valence-electron chi connectivity index (χ3n) is 4.65. The molecule has 0 radical (unpaired) electrons. The van der Waals surface area contributed by atoms with Crippen LogP contribution in [-0.4, -0.2) is 21.9 Å². The van der Waals surface area contributed by atoms with Crippen LogP contribution >= 0.6 is 23.8 Å². The topological polar surface area (TPSA) is 71.5 Å². The largest absolute Gasteiger partial charge is 0.457 e. The van der Waals surface area contributed by atoms with E-state index >= 15 is 0 Å². The number of hydrogen-bond acceptors (Lipinski definition) is 5. The third kappa shape index (κ3) is 4.92. The van der Waals surface area contributed by atoms with E-state index in [2.05, 4.69) is 10.3 Å². The van der Waals surface area contributed by atoms with E-state index in [0.29, 0.717) is 29.4 Å². The molecule has 2 heterocycles. The summed E-state index contributed by atoms with van der Waals surface area (Å²) in [5.74, 6) is -0.486. The number of para-hydroxylation sites is 1. The average molecular weight is 504 g/mol. The molecule has 0 spiro atoms. The number of ether oxygens (including phenoxy) is 1. The van der Waals surface area contributed by atoms with Crippen molar-refractivity contribution in [2.24, 2.45) is 0 Å². The molecule has 0 unspecified atom stereocenters. The first-order chi connectivity index (χ1) is 16.1. The van der Waals surface area contributed by atoms with Crippen LogP contribution in [0.3, 0.4) is 0 Å². The summed E-state index contributed by atoms with van der Waals surface area (Å²) in [7, 11) is 0. The quantitative estimate of drug-likeness (QED) is 0.294. The van der Waals surface area contributed by atoms with E-state index in [4.69, 9.17) is 28.6 Å². The molecule has 0 bridgehead atoms. The molecule has 3 aromatic rings. The zero-order chi connectivity index (χ0) is 24.5. The first-order valence-corrected chi connectivity index (χ1v) is 10.4. The van der Waals surface area contributed by atoms with E-state index in [9.17, 15) is 22.8 Å². The Balaban J connectivity index is 1.61. The van der Waals surface area contributed by atoms with Crippen LogP contribution in [-0.2, 0) is 15.8 Å². The molecule has 0 saturated carbocycles. The monoisotopic (exact) mass is 503 g/mol. The molecule has 0 atom stereocenters. The Morgan fingerprint density at radius 1 is 1.03 bits per heavy atom. The van der Waals surface area contributed by atoms with Gasteiger partial charge in [-0.25, -0.2) is 0 Å². The molecule has 1 N–H and O–H groups in total. The number of thiocarbonyl (C=S) groups is 1. The van der Waals surface area contributed by atoms with Gasteiger partial charge in [0.05, 0.1) is 22.0 Å². The Morgan fingerprint density at radius 3 is 2.29 bits per heavy atom. The second kappa shape index (κ2) is 9.24. The van der Waals surface area contributed by atoms with Crippen molar-refractivity contribution in [3.8, 4) is 11.5 Å². The lowest BCUT2D eigenvalue weighted by Gasteiger charge is -2.29. The van der Waals surface area contributed by atoms with Crippen molar-refractivity contribution in [1.82, 2.24) is 10.3 Å². The predicted molar refractivity (Wildman–Crippen MR) is 123 cm³/mol. The highest BCUT2D eigenvalue weighted by molar-refractivity contribution is 7.80. The molecular weight excluding hydrogens is 491 g/mol. The van der Waals surface area contributed by atoms with Gasteiger partial charge >= 0.3 is 6.18 Å². The summed E-state index contributed by atoms with van der Waals surface area (Å²) in [4.78, 5) is 30.2. The molecule has 6 nitrogen and oxygen atoms in total. The van der Waals surface area contributed by atoms with E-state index < -0.39 is 29.1 Å². The van der Waals surface area contributed by atoms with E-state index in [1.807, 2.05) is 18.2 Å². The first kappa shape index (κ1) is 23.4. The van der Waals surface area contributed by atoms with E-state index in [0.717, 1.165) is 11.0 Å². The lowest BCUT2D eigenvalue weighted by atomic mass is 10.1. The van der Waals surface area contributed by atoms with E-state index in [-0.39, 0.29) is 15.8 Å². The van der Waals surface area contributed by atoms with Gasteiger partial charge in [-0.1, -0.05) is 29.8 Å². The summed E-state index contributed by atoms with van der Waals surface area (Å²) < 4.78 is 44.3. The minimum Gasteiger partial charge on any atom is -0.457 e. The fourth-order valence-electron chi connectivity index (χ4n) is 3.03. The summed E-state index contributed by atoms with van der Waals surface area (Å²) in [5, 5.41) is 1.86. The third-order valence-corrected chi connectivity index (χ3v) is 5.24. The molecule has 4 rings (SSSR count). The molecule has 1 saturated heterocycles. The van der Waals surface area contributed by atoms with Gasteiger partial charge < -0.3 is 4.74 Å². The second-order valence-corrected chi connectivity index (χ2v) is 7.75. The van der Waals surface area contributed by atoms with Gasteiger partial charge in [-0.3, -0.25) is 24.8 Å². The van der Waals surface area contributed by atoms with Gasteiger partial charge in [0.25, 0.3) is 11.8 Å². The summed E-state index contributed by atoms with van der Waals surface area (Å²) in [6.07, 6.45) is -3.06. The Bertz CT molecular complexity index is 1310. The molecule has 0 aliphatic carbocycles. The van der Waals surface area contributed by atoms with Crippen molar-refractivity contribution in [1.29, 1.82) is 0 Å². The van der Waals surface area contributed by atoms with Crippen molar-refractivity contribution < 1.29 is 27.5 Å². The minimum absolute atomic E-state index is 0.157. The fraction of sp³-hybridized carbons (Fsp3) is 0.0435. The normalized spacial score (nSPS) is 15.5. The highest BCUT2D eigenvalue weighted by atomic mass is 35.5. The number of carbonyl (C=O) groups is 2. The van der Waals surface area contributed by atoms with E-state index in [1.54, 1.807) is 36.4 Å². The van der Waals surface area contributed by atoms with Gasteiger partial charge in [-0.15, -0.1) is 0 Å². The number of halogens is 4. The molecule has 1 fully saturated rings. The van der Waals surface area contributed by atoms with Crippen LogP contribution < -0.4 is 15.0 Å². The molecule has 2 amide bonds. The van der Waals surface area contributed by atoms with Crippen LogP contribution in [0.2, 0.25) is 5.02 Å². The molecule has 1 aliphatic heterocycles. The number of nitrogens with zero attached hydrogens (tertiary/aromatic N) is 2. The number of rotatable bonds is 4. The molecule has 2 aromatic carbocycles. The standard InChI is InChI=1S/C23H13ClF3N3O3S/c24-18-10-13(23(25,26)27)12-28-19(18)11-17-20(31)29-22(34)30(21(17)32)14-6-8-16(9-7-14)33-15-4-2-1-3-5-15/h1-12H,(H,29,31,34)/b17-11+. The Morgan fingerprint density at radius 2 is 1.68 bits per heavy atom. The number of hydrogen-bond donors (Lipinski definition) is 1. The lowest BCUT2D eigenvalue weighted by molar-refractivity contribution is -0.137. The minimum atomic E-state index is -4.64. The van der Waals surface area contributed by atoms with Gasteiger partial charge in [0.1, 0.15) is 17.1 Å². The number of aromatic nitrogens is 1. The summed E-state index contributed by atoms with van der Waals surface area (Å²) in [6.45, 7) is 0. The maximum Gasteiger partial charge on any atom is 0.417 e. The molecule has 11 heteroatoms. The average Bonchev–Trinajstić information content (AvgIpc) is 2.78. The SMILES string of the molecule is O=C1NC(=S)N(c2ccc(Oc3ccccc3)cc2)C(=O)/C1=C/c1ncc(C(F)(F)F)cc1Cl. The highest BCUT2D eigenvalue weighted by Gasteiger charge is 2.35. The number of carbonyl (C=O) groups excluding carboxylic acids is 2. The zero-order valence-electron chi connectivity index (χ0n) is 17.0. The lowest BCUT2D eigenvalue weighted by Crippen LogP contribution is -2.54. The second-order valence-electron chi connectivity index (χ2n) is 6.96. The van der Waals surface area contributed by atoms with Gasteiger partial charge in [-0.2, -0.15) is 13.2 Å². The number of benzene rings is 2.